The molecular weight excluding hydrogens is 1010 g/mol. The maximum atomic E-state index is 12.9. The Hall–Kier alpha value is -3.79. The summed E-state index contributed by atoms with van der Waals surface area (Å²) in [5, 5.41) is 11.8. The number of aliphatic carboxylic acids is 1. The molecule has 0 aromatic heterocycles. The molecule has 81 heavy (non-hydrogen) atoms. The first-order valence-electron chi connectivity index (χ1n) is 33.4. The lowest BCUT2D eigenvalue weighted by atomic mass is 10.0. The Morgan fingerprint density at radius 3 is 1.05 bits per heavy atom. The number of hydrogen-bond donors (Lipinski definition) is 0. The van der Waals surface area contributed by atoms with Crippen LogP contribution in [-0.2, 0) is 33.3 Å². The van der Waals surface area contributed by atoms with Gasteiger partial charge < -0.3 is 33.3 Å². The molecule has 0 bridgehead atoms. The summed E-state index contributed by atoms with van der Waals surface area (Å²) in [5.41, 5.74) is 0. The molecular formula is C72H125NO8. The number of hydrogen-bond acceptors (Lipinski definition) is 8. The van der Waals surface area contributed by atoms with Gasteiger partial charge in [-0.25, -0.2) is 0 Å². The molecule has 0 aliphatic rings. The third kappa shape index (κ3) is 63.6. The van der Waals surface area contributed by atoms with Gasteiger partial charge >= 0.3 is 11.9 Å². The van der Waals surface area contributed by atoms with Crippen molar-refractivity contribution in [2.24, 2.45) is 0 Å². The summed E-state index contributed by atoms with van der Waals surface area (Å²) in [6.45, 7) is 4.62. The first-order chi connectivity index (χ1) is 39.6. The van der Waals surface area contributed by atoms with Crippen LogP contribution in [0.1, 0.15) is 284 Å². The Morgan fingerprint density at radius 2 is 0.704 bits per heavy atom. The smallest absolute Gasteiger partial charge is 0.306 e. The molecule has 0 aromatic carbocycles. The molecule has 0 rings (SSSR count). The zero-order chi connectivity index (χ0) is 59.1. The van der Waals surface area contributed by atoms with Gasteiger partial charge in [-0.15, -0.1) is 0 Å². The van der Waals surface area contributed by atoms with Crippen molar-refractivity contribution < 1.29 is 42.9 Å². The number of carboxylic acids is 1. The number of nitrogens with zero attached hydrogens (tertiary/aromatic N) is 1. The number of carbonyl (C=O) groups is 3. The summed E-state index contributed by atoms with van der Waals surface area (Å²) in [4.78, 5) is 37.4. The lowest BCUT2D eigenvalue weighted by molar-refractivity contribution is -0.870. The van der Waals surface area contributed by atoms with Gasteiger partial charge in [-0.05, 0) is 96.3 Å². The summed E-state index contributed by atoms with van der Waals surface area (Å²) in [6.07, 6.45) is 81.9. The fourth-order valence-electron chi connectivity index (χ4n) is 9.22. The van der Waals surface area contributed by atoms with Crippen molar-refractivity contribution in [3.05, 3.63) is 97.2 Å². The number of ether oxygens (including phenoxy) is 4. The number of esters is 2. The summed E-state index contributed by atoms with van der Waals surface area (Å²) in [7, 11) is 5.93. The fraction of sp³-hybridized carbons (Fsp3) is 0.736. The lowest BCUT2D eigenvalue weighted by Gasteiger charge is -2.26. The van der Waals surface area contributed by atoms with E-state index in [0.717, 1.165) is 77.0 Å². The first kappa shape index (κ1) is 77.2. The maximum Gasteiger partial charge on any atom is 0.306 e. The van der Waals surface area contributed by atoms with Crippen LogP contribution in [0.2, 0.25) is 0 Å². The zero-order valence-electron chi connectivity index (χ0n) is 53.1. The van der Waals surface area contributed by atoms with E-state index >= 15 is 0 Å². The monoisotopic (exact) mass is 1130 g/mol. The van der Waals surface area contributed by atoms with E-state index in [4.69, 9.17) is 18.9 Å². The van der Waals surface area contributed by atoms with E-state index in [1.54, 1.807) is 0 Å². The van der Waals surface area contributed by atoms with Gasteiger partial charge in [0.05, 0.1) is 40.3 Å². The predicted molar refractivity (Wildman–Crippen MR) is 343 cm³/mol. The highest BCUT2D eigenvalue weighted by Crippen LogP contribution is 2.17. The van der Waals surface area contributed by atoms with Gasteiger partial charge in [0.15, 0.2) is 12.4 Å². The van der Waals surface area contributed by atoms with Gasteiger partial charge in [0, 0.05) is 12.8 Å². The predicted octanol–water partition coefficient (Wildman–Crippen LogP) is 19.1. The van der Waals surface area contributed by atoms with Crippen LogP contribution in [0, 0.1) is 0 Å². The van der Waals surface area contributed by atoms with E-state index in [2.05, 4.69) is 111 Å². The Kier molecular flexibility index (Phi) is 59.3. The van der Waals surface area contributed by atoms with Gasteiger partial charge in [0.1, 0.15) is 13.2 Å². The minimum atomic E-state index is -1.63. The molecule has 0 amide bonds. The maximum absolute atomic E-state index is 12.9. The second-order valence-electron chi connectivity index (χ2n) is 23.4. The SMILES string of the molecule is CC/C=C\C/C=C\C/C=C\C/C=C\C/C=C\C/C=C\CCCCCCCCCCCCCCCCCCCCC(=O)OC(COC(=O)CCCCCCCCCCC/C=C\C/C=C\CCCCC)COC(OCC[N+](C)(C)C)C(=O)[O-]. The number of quaternary nitrogens is 1. The highest BCUT2D eigenvalue weighted by molar-refractivity contribution is 5.70. The molecule has 0 N–H and O–H groups in total. The van der Waals surface area contributed by atoms with E-state index in [1.165, 1.54) is 173 Å². The van der Waals surface area contributed by atoms with Gasteiger partial charge in [-0.3, -0.25) is 9.59 Å². The second-order valence-corrected chi connectivity index (χ2v) is 23.4. The minimum absolute atomic E-state index is 0.145. The van der Waals surface area contributed by atoms with Crippen molar-refractivity contribution >= 4 is 17.9 Å². The van der Waals surface area contributed by atoms with Crippen LogP contribution in [-0.4, -0.2) is 82.3 Å². The van der Waals surface area contributed by atoms with Crippen LogP contribution in [0.4, 0.5) is 0 Å². The van der Waals surface area contributed by atoms with Crippen molar-refractivity contribution in [1.82, 2.24) is 0 Å². The Bertz CT molecular complexity index is 1650. The third-order valence-electron chi connectivity index (χ3n) is 14.3. The van der Waals surface area contributed by atoms with E-state index in [9.17, 15) is 19.5 Å². The van der Waals surface area contributed by atoms with Crippen molar-refractivity contribution in [3.63, 3.8) is 0 Å². The van der Waals surface area contributed by atoms with Crippen LogP contribution in [0.5, 0.6) is 0 Å². The molecule has 9 heteroatoms. The van der Waals surface area contributed by atoms with Crippen LogP contribution in [0.15, 0.2) is 97.2 Å². The number of carbonyl (C=O) groups excluding carboxylic acids is 3. The number of likely N-dealkylation sites (N-methyl/N-ethyl adjacent to an activating group) is 1. The Balaban J connectivity index is 4.07. The van der Waals surface area contributed by atoms with Crippen LogP contribution in [0.25, 0.3) is 0 Å². The van der Waals surface area contributed by atoms with Crippen molar-refractivity contribution in [2.75, 3.05) is 47.5 Å². The highest BCUT2D eigenvalue weighted by atomic mass is 16.7. The number of carboxylic acid groups (broad SMARTS) is 1. The van der Waals surface area contributed by atoms with E-state index in [-0.39, 0.29) is 38.6 Å². The zero-order valence-corrected chi connectivity index (χ0v) is 53.1. The molecule has 0 saturated heterocycles. The molecule has 0 spiro atoms. The quantitative estimate of drug-likeness (QED) is 0.0195. The van der Waals surface area contributed by atoms with Crippen molar-refractivity contribution in [3.8, 4) is 0 Å². The summed E-state index contributed by atoms with van der Waals surface area (Å²) >= 11 is 0. The summed E-state index contributed by atoms with van der Waals surface area (Å²) in [5.74, 6) is -2.28. The van der Waals surface area contributed by atoms with Crippen molar-refractivity contribution in [1.29, 1.82) is 0 Å². The van der Waals surface area contributed by atoms with Gasteiger partial charge in [-0.1, -0.05) is 272 Å². The largest absolute Gasteiger partial charge is 0.545 e. The number of unbranched alkanes of at least 4 members (excludes halogenated alkanes) is 30. The molecule has 466 valence electrons. The fourth-order valence-corrected chi connectivity index (χ4v) is 9.22. The normalized spacial score (nSPS) is 13.3. The second kappa shape index (κ2) is 62.3. The Labute approximate surface area is 499 Å². The number of rotatable bonds is 61. The third-order valence-corrected chi connectivity index (χ3v) is 14.3. The standard InChI is InChI=1S/C72H125NO8/c1-6-8-10-12-14-16-18-20-22-24-26-27-28-29-30-31-32-33-34-35-36-37-38-39-40-41-42-43-45-47-49-51-53-55-57-59-61-63-70(75)81-68(67-80-72(71(76)77)78-65-64-73(3,4)5)66-79-69(74)62-60-58-56-54-52-50-48-46-44-25-23-21-19-17-15-13-11-9-7-2/h8,10,14-17,20-23,26-27,29-30,32-33,68,72H,6-7,9,11-13,18-19,24-25,28,31,34-67H2,1-5H3/b10-8-,16-14-,17-15-,22-20-,23-21-,27-26-,30-29-,33-32-. The van der Waals surface area contributed by atoms with E-state index < -0.39 is 24.3 Å². The molecule has 2 unspecified atom stereocenters. The van der Waals surface area contributed by atoms with Gasteiger partial charge in [-0.2, -0.15) is 0 Å². The topological polar surface area (TPSA) is 111 Å². The van der Waals surface area contributed by atoms with E-state index in [1.807, 2.05) is 21.1 Å². The van der Waals surface area contributed by atoms with Gasteiger partial charge in [0.25, 0.3) is 0 Å². The summed E-state index contributed by atoms with van der Waals surface area (Å²) < 4.78 is 22.8. The highest BCUT2D eigenvalue weighted by Gasteiger charge is 2.22. The molecule has 0 fully saturated rings. The first-order valence-corrected chi connectivity index (χ1v) is 33.4. The molecule has 0 aromatic rings. The average molecular weight is 1130 g/mol. The molecule has 0 aliphatic carbocycles. The van der Waals surface area contributed by atoms with Gasteiger partial charge in [0.2, 0.25) is 0 Å². The number of allylic oxidation sites excluding steroid dienone is 16. The molecule has 0 saturated carbocycles. The average Bonchev–Trinajstić information content (AvgIpc) is 3.44. The lowest BCUT2D eigenvalue weighted by Crippen LogP contribution is -2.44. The minimum Gasteiger partial charge on any atom is -0.545 e. The van der Waals surface area contributed by atoms with E-state index in [0.29, 0.717) is 17.4 Å². The van der Waals surface area contributed by atoms with Crippen LogP contribution >= 0.6 is 0 Å². The molecule has 9 nitrogen and oxygen atoms in total. The van der Waals surface area contributed by atoms with Crippen LogP contribution in [0.3, 0.4) is 0 Å². The van der Waals surface area contributed by atoms with Crippen LogP contribution < -0.4 is 5.11 Å². The summed E-state index contributed by atoms with van der Waals surface area (Å²) in [6, 6.07) is 0. The molecule has 0 radical (unpaired) electrons. The molecule has 0 heterocycles. The van der Waals surface area contributed by atoms with Crippen molar-refractivity contribution in [2.45, 2.75) is 296 Å². The Morgan fingerprint density at radius 1 is 0.383 bits per heavy atom. The molecule has 2 atom stereocenters. The molecule has 0 aliphatic heterocycles.